The largest absolute Gasteiger partial charge is 0.469 e. The second-order valence-corrected chi connectivity index (χ2v) is 6.55. The molecule has 2 aliphatic heterocycles. The number of esters is 1. The molecule has 0 aliphatic carbocycles. The number of ether oxygens (including phenoxy) is 2. The van der Waals surface area contributed by atoms with E-state index in [1.807, 2.05) is 23.1 Å². The van der Waals surface area contributed by atoms with E-state index in [0.717, 1.165) is 32.5 Å². The highest BCUT2D eigenvalue weighted by molar-refractivity contribution is 5.71. The summed E-state index contributed by atoms with van der Waals surface area (Å²) in [6.45, 7) is 3.51. The van der Waals surface area contributed by atoms with Crippen LogP contribution in [-0.4, -0.2) is 67.3 Å². The van der Waals surface area contributed by atoms with Gasteiger partial charge >= 0.3 is 12.1 Å². The zero-order valence-electron chi connectivity index (χ0n) is 14.1. The molecule has 2 saturated heterocycles. The molecule has 3 rings (SSSR count). The first-order chi connectivity index (χ1) is 11.6. The fourth-order valence-electron chi connectivity index (χ4n) is 3.66. The van der Waals surface area contributed by atoms with Crippen molar-refractivity contribution in [1.29, 1.82) is 0 Å². The van der Waals surface area contributed by atoms with Gasteiger partial charge in [0.15, 0.2) is 0 Å². The first-order valence-electron chi connectivity index (χ1n) is 8.40. The highest BCUT2D eigenvalue weighted by atomic mass is 16.6. The van der Waals surface area contributed by atoms with Gasteiger partial charge in [-0.15, -0.1) is 0 Å². The van der Waals surface area contributed by atoms with Gasteiger partial charge in [0.25, 0.3) is 0 Å². The van der Waals surface area contributed by atoms with E-state index in [1.165, 1.54) is 12.7 Å². The average molecular weight is 332 g/mol. The molecule has 130 valence electrons. The van der Waals surface area contributed by atoms with Crippen molar-refractivity contribution in [2.45, 2.75) is 24.8 Å². The predicted octanol–water partition coefficient (Wildman–Crippen LogP) is 1.69. The third kappa shape index (κ3) is 3.53. The van der Waals surface area contributed by atoms with Crippen molar-refractivity contribution in [3.05, 3.63) is 35.9 Å². The van der Waals surface area contributed by atoms with Crippen LogP contribution in [0.25, 0.3) is 0 Å². The molecule has 1 unspecified atom stereocenters. The second kappa shape index (κ2) is 7.21. The first kappa shape index (κ1) is 16.8. The number of rotatable bonds is 6. The molecular weight excluding hydrogens is 308 g/mol. The number of fused-ring (bicyclic) bond motifs is 1. The Bertz CT molecular complexity index is 592. The van der Waals surface area contributed by atoms with Gasteiger partial charge in [-0.25, -0.2) is 4.79 Å². The SMILES string of the molecule is COC(=O)CCCN1CCN2C(=O)OCC2(Cc2ccccc2)C1. The van der Waals surface area contributed by atoms with Gasteiger partial charge in [0.1, 0.15) is 6.61 Å². The van der Waals surface area contributed by atoms with Gasteiger partial charge in [-0.1, -0.05) is 30.3 Å². The summed E-state index contributed by atoms with van der Waals surface area (Å²) in [5.41, 5.74) is 0.902. The smallest absolute Gasteiger partial charge is 0.410 e. The van der Waals surface area contributed by atoms with Crippen LogP contribution >= 0.6 is 0 Å². The standard InChI is InChI=1S/C18H24N2O4/c1-23-16(21)8-5-9-19-10-11-20-17(22)24-14-18(20,13-19)12-15-6-3-2-4-7-15/h2-4,6-7H,5,8-14H2,1H3. The zero-order chi connectivity index (χ0) is 17.0. The number of amides is 1. The molecule has 6 heteroatoms. The summed E-state index contributed by atoms with van der Waals surface area (Å²) < 4.78 is 10.1. The summed E-state index contributed by atoms with van der Waals surface area (Å²) in [6.07, 6.45) is 1.77. The number of piperazine rings is 1. The van der Waals surface area contributed by atoms with Crippen LogP contribution in [0.1, 0.15) is 18.4 Å². The molecular formula is C18H24N2O4. The number of carbonyl (C=O) groups is 2. The van der Waals surface area contributed by atoms with Crippen molar-refractivity contribution >= 4 is 12.1 Å². The number of hydrogen-bond acceptors (Lipinski definition) is 5. The van der Waals surface area contributed by atoms with Gasteiger partial charge in [0.2, 0.25) is 0 Å². The Balaban J connectivity index is 1.66. The molecule has 2 heterocycles. The first-order valence-corrected chi connectivity index (χ1v) is 8.40. The molecule has 0 aromatic heterocycles. The topological polar surface area (TPSA) is 59.1 Å². The third-order valence-electron chi connectivity index (χ3n) is 4.87. The monoisotopic (exact) mass is 332 g/mol. The van der Waals surface area contributed by atoms with Gasteiger partial charge in [0, 0.05) is 32.5 Å². The molecule has 0 bridgehead atoms. The lowest BCUT2D eigenvalue weighted by atomic mass is 9.88. The maximum absolute atomic E-state index is 12.1. The van der Waals surface area contributed by atoms with Crippen LogP contribution in [0.2, 0.25) is 0 Å². The predicted molar refractivity (Wildman–Crippen MR) is 88.6 cm³/mol. The average Bonchev–Trinajstić information content (AvgIpc) is 2.91. The van der Waals surface area contributed by atoms with Crippen molar-refractivity contribution in [3.63, 3.8) is 0 Å². The fourth-order valence-corrected chi connectivity index (χ4v) is 3.66. The molecule has 2 fully saturated rings. The highest BCUT2D eigenvalue weighted by Gasteiger charge is 2.50. The minimum absolute atomic E-state index is 0.174. The summed E-state index contributed by atoms with van der Waals surface area (Å²) >= 11 is 0. The quantitative estimate of drug-likeness (QED) is 0.742. The Morgan fingerprint density at radius 2 is 2.08 bits per heavy atom. The lowest BCUT2D eigenvalue weighted by molar-refractivity contribution is -0.140. The summed E-state index contributed by atoms with van der Waals surface area (Å²) in [5, 5.41) is 0. The van der Waals surface area contributed by atoms with Crippen LogP contribution < -0.4 is 0 Å². The molecule has 1 aromatic carbocycles. The molecule has 0 N–H and O–H groups in total. The highest BCUT2D eigenvalue weighted by Crippen LogP contribution is 2.32. The van der Waals surface area contributed by atoms with Gasteiger partial charge in [-0.2, -0.15) is 0 Å². The van der Waals surface area contributed by atoms with E-state index in [-0.39, 0.29) is 17.6 Å². The Labute approximate surface area is 142 Å². The Morgan fingerprint density at radius 1 is 1.29 bits per heavy atom. The summed E-state index contributed by atoms with van der Waals surface area (Å²) in [4.78, 5) is 27.6. The second-order valence-electron chi connectivity index (χ2n) is 6.55. The van der Waals surface area contributed by atoms with Gasteiger partial charge in [-0.05, 0) is 18.5 Å². The maximum atomic E-state index is 12.1. The van der Waals surface area contributed by atoms with E-state index in [0.29, 0.717) is 19.6 Å². The Kier molecular flexibility index (Phi) is 5.04. The Hall–Kier alpha value is -2.08. The van der Waals surface area contributed by atoms with Crippen LogP contribution in [0.5, 0.6) is 0 Å². The van der Waals surface area contributed by atoms with Crippen molar-refractivity contribution in [1.82, 2.24) is 9.80 Å². The number of carbonyl (C=O) groups excluding carboxylic acids is 2. The maximum Gasteiger partial charge on any atom is 0.410 e. The van der Waals surface area contributed by atoms with E-state index < -0.39 is 0 Å². The van der Waals surface area contributed by atoms with Gasteiger partial charge < -0.3 is 9.47 Å². The summed E-state index contributed by atoms with van der Waals surface area (Å²) in [5.74, 6) is -0.174. The summed E-state index contributed by atoms with van der Waals surface area (Å²) in [6, 6.07) is 10.2. The molecule has 1 atom stereocenters. The number of nitrogens with zero attached hydrogens (tertiary/aromatic N) is 2. The van der Waals surface area contributed by atoms with Crippen LogP contribution in [-0.2, 0) is 20.7 Å². The minimum atomic E-state index is -0.304. The summed E-state index contributed by atoms with van der Waals surface area (Å²) in [7, 11) is 1.41. The molecule has 1 aromatic rings. The molecule has 0 spiro atoms. The molecule has 2 aliphatic rings. The molecule has 6 nitrogen and oxygen atoms in total. The lowest BCUT2D eigenvalue weighted by Crippen LogP contribution is -2.62. The number of methoxy groups -OCH3 is 1. The van der Waals surface area contributed by atoms with Crippen molar-refractivity contribution in [2.24, 2.45) is 0 Å². The van der Waals surface area contributed by atoms with Crippen molar-refractivity contribution in [2.75, 3.05) is 39.9 Å². The van der Waals surface area contributed by atoms with Crippen molar-refractivity contribution < 1.29 is 19.1 Å². The van der Waals surface area contributed by atoms with Gasteiger partial charge in [-0.3, -0.25) is 14.6 Å². The van der Waals surface area contributed by atoms with Crippen LogP contribution in [0.3, 0.4) is 0 Å². The van der Waals surface area contributed by atoms with E-state index in [2.05, 4.69) is 17.0 Å². The van der Waals surface area contributed by atoms with Crippen LogP contribution in [0, 0.1) is 0 Å². The number of cyclic esters (lactones) is 1. The minimum Gasteiger partial charge on any atom is -0.469 e. The number of hydrogen-bond donors (Lipinski definition) is 0. The molecule has 0 radical (unpaired) electrons. The van der Waals surface area contributed by atoms with E-state index in [4.69, 9.17) is 9.47 Å². The van der Waals surface area contributed by atoms with Gasteiger partial charge in [0.05, 0.1) is 12.6 Å². The molecule has 24 heavy (non-hydrogen) atoms. The molecule has 0 saturated carbocycles. The lowest BCUT2D eigenvalue weighted by Gasteiger charge is -2.45. The van der Waals surface area contributed by atoms with E-state index in [9.17, 15) is 9.59 Å². The Morgan fingerprint density at radius 3 is 2.83 bits per heavy atom. The zero-order valence-corrected chi connectivity index (χ0v) is 14.1. The van der Waals surface area contributed by atoms with Crippen LogP contribution in [0.4, 0.5) is 4.79 Å². The molecule has 1 amide bonds. The van der Waals surface area contributed by atoms with E-state index >= 15 is 0 Å². The van der Waals surface area contributed by atoms with Crippen molar-refractivity contribution in [3.8, 4) is 0 Å². The van der Waals surface area contributed by atoms with E-state index in [1.54, 1.807) is 0 Å². The number of benzene rings is 1. The van der Waals surface area contributed by atoms with Crippen LogP contribution in [0.15, 0.2) is 30.3 Å². The fraction of sp³-hybridized carbons (Fsp3) is 0.556. The normalized spacial score (nSPS) is 23.7. The third-order valence-corrected chi connectivity index (χ3v) is 4.87.